The number of likely N-dealkylation sites (tertiary alicyclic amines) is 1. The van der Waals surface area contributed by atoms with E-state index < -0.39 is 0 Å². The maximum absolute atomic E-state index is 3.59. The monoisotopic (exact) mass is 238 g/mol. The lowest BCUT2D eigenvalue weighted by Crippen LogP contribution is -2.57. The summed E-state index contributed by atoms with van der Waals surface area (Å²) in [6.45, 7) is 16.8. The molecule has 0 saturated carbocycles. The average Bonchev–Trinajstić information content (AvgIpc) is 2.54. The zero-order chi connectivity index (χ0) is 12.8. The summed E-state index contributed by atoms with van der Waals surface area (Å²) in [5, 5.41) is 3.59. The normalized spacial score (nSPS) is 36.0. The highest BCUT2D eigenvalue weighted by atomic mass is 15.3. The second-order valence-corrected chi connectivity index (χ2v) is 8.02. The van der Waals surface area contributed by atoms with Crippen LogP contribution in [0.5, 0.6) is 0 Å². The molecule has 0 aromatic rings. The van der Waals surface area contributed by atoms with Crippen LogP contribution >= 0.6 is 0 Å². The van der Waals surface area contributed by atoms with E-state index in [9.17, 15) is 0 Å². The molecule has 0 aliphatic carbocycles. The van der Waals surface area contributed by atoms with Crippen LogP contribution < -0.4 is 5.32 Å². The van der Waals surface area contributed by atoms with Gasteiger partial charge in [-0.2, -0.15) is 0 Å². The molecule has 0 aromatic heterocycles. The molecule has 0 amide bonds. The Morgan fingerprint density at radius 3 is 2.24 bits per heavy atom. The minimum atomic E-state index is 0.288. The van der Waals surface area contributed by atoms with Crippen LogP contribution in [0.3, 0.4) is 0 Å². The Bertz CT molecular complexity index is 272. The van der Waals surface area contributed by atoms with Crippen molar-refractivity contribution in [1.29, 1.82) is 0 Å². The molecule has 17 heavy (non-hydrogen) atoms. The van der Waals surface area contributed by atoms with Crippen LogP contribution in [-0.2, 0) is 0 Å². The van der Waals surface area contributed by atoms with Crippen LogP contribution in [0.2, 0.25) is 0 Å². The van der Waals surface area contributed by atoms with Gasteiger partial charge < -0.3 is 5.32 Å². The Morgan fingerprint density at radius 2 is 1.71 bits per heavy atom. The van der Waals surface area contributed by atoms with Crippen LogP contribution in [0.1, 0.15) is 54.4 Å². The Hall–Kier alpha value is -0.0800. The van der Waals surface area contributed by atoms with Gasteiger partial charge in [0, 0.05) is 24.2 Å². The maximum atomic E-state index is 3.59. The van der Waals surface area contributed by atoms with Gasteiger partial charge in [-0.25, -0.2) is 0 Å². The van der Waals surface area contributed by atoms with Gasteiger partial charge in [-0.15, -0.1) is 0 Å². The molecule has 2 aliphatic rings. The van der Waals surface area contributed by atoms with Gasteiger partial charge in [0.05, 0.1) is 0 Å². The number of rotatable bonds is 0. The lowest BCUT2D eigenvalue weighted by Gasteiger charge is -2.47. The van der Waals surface area contributed by atoms with E-state index in [2.05, 4.69) is 51.8 Å². The van der Waals surface area contributed by atoms with Gasteiger partial charge in [-0.1, -0.05) is 20.8 Å². The lowest BCUT2D eigenvalue weighted by atomic mass is 9.82. The first-order valence-corrected chi connectivity index (χ1v) is 7.20. The van der Waals surface area contributed by atoms with Crippen molar-refractivity contribution in [3.63, 3.8) is 0 Å². The van der Waals surface area contributed by atoms with Crippen molar-refractivity contribution < 1.29 is 0 Å². The number of nitrogens with zero attached hydrogens (tertiary/aromatic N) is 1. The quantitative estimate of drug-likeness (QED) is 0.698. The molecule has 2 fully saturated rings. The number of hydrogen-bond donors (Lipinski definition) is 1. The minimum Gasteiger partial charge on any atom is -0.315 e. The van der Waals surface area contributed by atoms with Gasteiger partial charge in [0.2, 0.25) is 0 Å². The molecule has 2 rings (SSSR count). The second kappa shape index (κ2) is 4.24. The van der Waals surface area contributed by atoms with E-state index in [0.717, 1.165) is 18.0 Å². The summed E-state index contributed by atoms with van der Waals surface area (Å²) >= 11 is 0. The highest BCUT2D eigenvalue weighted by Gasteiger charge is 2.49. The van der Waals surface area contributed by atoms with E-state index in [4.69, 9.17) is 0 Å². The molecule has 0 aromatic carbocycles. The Morgan fingerprint density at radius 1 is 1.06 bits per heavy atom. The molecule has 0 spiro atoms. The van der Waals surface area contributed by atoms with Crippen LogP contribution in [0.4, 0.5) is 0 Å². The van der Waals surface area contributed by atoms with Crippen molar-refractivity contribution in [2.45, 2.75) is 72.0 Å². The molecule has 2 heteroatoms. The van der Waals surface area contributed by atoms with Gasteiger partial charge in [0.25, 0.3) is 0 Å². The topological polar surface area (TPSA) is 15.3 Å². The van der Waals surface area contributed by atoms with Crippen molar-refractivity contribution in [3.05, 3.63) is 0 Å². The molecule has 2 aliphatic heterocycles. The lowest BCUT2D eigenvalue weighted by molar-refractivity contribution is 0.0184. The van der Waals surface area contributed by atoms with Gasteiger partial charge >= 0.3 is 0 Å². The van der Waals surface area contributed by atoms with Crippen molar-refractivity contribution in [2.75, 3.05) is 13.1 Å². The number of fused-ring (bicyclic) bond motifs is 1. The predicted molar refractivity (Wildman–Crippen MR) is 74.2 cm³/mol. The smallest absolute Gasteiger partial charge is 0.0258 e. The molecule has 100 valence electrons. The third-order valence-corrected chi connectivity index (χ3v) is 4.58. The first kappa shape index (κ1) is 13.4. The highest BCUT2D eigenvalue weighted by Crippen LogP contribution is 2.44. The summed E-state index contributed by atoms with van der Waals surface area (Å²) in [6, 6.07) is 1.49. The predicted octanol–water partition coefficient (Wildman–Crippen LogP) is 2.88. The van der Waals surface area contributed by atoms with Crippen molar-refractivity contribution in [1.82, 2.24) is 10.2 Å². The maximum Gasteiger partial charge on any atom is 0.0258 e. The van der Waals surface area contributed by atoms with Crippen LogP contribution in [0.15, 0.2) is 0 Å². The van der Waals surface area contributed by atoms with Crippen LogP contribution in [0.25, 0.3) is 0 Å². The van der Waals surface area contributed by atoms with Crippen LogP contribution in [0, 0.1) is 11.3 Å². The third kappa shape index (κ3) is 2.53. The molecular weight excluding hydrogens is 208 g/mol. The molecule has 0 radical (unpaired) electrons. The zero-order valence-electron chi connectivity index (χ0n) is 12.5. The summed E-state index contributed by atoms with van der Waals surface area (Å²) in [4.78, 5) is 2.81. The molecule has 2 nitrogen and oxygen atoms in total. The van der Waals surface area contributed by atoms with E-state index in [1.54, 1.807) is 0 Å². The van der Waals surface area contributed by atoms with E-state index in [1.165, 1.54) is 25.9 Å². The SMILES string of the molecule is CC(C)(C)C1CC2CCNCC2N1C(C)(C)C. The molecule has 0 bridgehead atoms. The zero-order valence-corrected chi connectivity index (χ0v) is 12.5. The van der Waals surface area contributed by atoms with Crippen molar-refractivity contribution in [2.24, 2.45) is 11.3 Å². The fourth-order valence-corrected chi connectivity index (χ4v) is 3.86. The van der Waals surface area contributed by atoms with Gasteiger partial charge in [0.1, 0.15) is 0 Å². The van der Waals surface area contributed by atoms with Gasteiger partial charge in [-0.05, 0) is 51.5 Å². The Balaban J connectivity index is 2.27. The summed E-state index contributed by atoms with van der Waals surface area (Å²) in [6.07, 6.45) is 2.76. The van der Waals surface area contributed by atoms with Gasteiger partial charge in [0.15, 0.2) is 0 Å². The van der Waals surface area contributed by atoms with Crippen molar-refractivity contribution in [3.8, 4) is 0 Å². The molecule has 2 saturated heterocycles. The molecule has 3 unspecified atom stereocenters. The molecule has 3 atom stereocenters. The molecular formula is C15H30N2. The van der Waals surface area contributed by atoms with E-state index in [0.29, 0.717) is 5.41 Å². The number of nitrogens with one attached hydrogen (secondary N) is 1. The van der Waals surface area contributed by atoms with Crippen molar-refractivity contribution >= 4 is 0 Å². The fourth-order valence-electron chi connectivity index (χ4n) is 3.86. The standard InChI is InChI=1S/C15H30N2/c1-14(2,3)13-9-11-7-8-16-10-12(11)17(13)15(4,5)6/h11-13,16H,7-10H2,1-6H3. The summed E-state index contributed by atoms with van der Waals surface area (Å²) < 4.78 is 0. The average molecular weight is 238 g/mol. The first-order chi connectivity index (χ1) is 7.71. The first-order valence-electron chi connectivity index (χ1n) is 7.20. The summed E-state index contributed by atoms with van der Waals surface area (Å²) in [5.74, 6) is 0.916. The second-order valence-electron chi connectivity index (χ2n) is 8.02. The molecule has 1 N–H and O–H groups in total. The largest absolute Gasteiger partial charge is 0.315 e. The molecule has 2 heterocycles. The van der Waals surface area contributed by atoms with Gasteiger partial charge in [-0.3, -0.25) is 4.90 Å². The van der Waals surface area contributed by atoms with E-state index >= 15 is 0 Å². The fraction of sp³-hybridized carbons (Fsp3) is 1.00. The summed E-state index contributed by atoms with van der Waals surface area (Å²) in [5.41, 5.74) is 0.682. The third-order valence-electron chi connectivity index (χ3n) is 4.58. The van der Waals surface area contributed by atoms with Crippen LogP contribution in [-0.4, -0.2) is 35.6 Å². The number of hydrogen-bond acceptors (Lipinski definition) is 2. The number of piperidine rings is 1. The van der Waals surface area contributed by atoms with E-state index in [-0.39, 0.29) is 5.54 Å². The Kier molecular flexibility index (Phi) is 3.33. The highest BCUT2D eigenvalue weighted by molar-refractivity contribution is 5.04. The summed E-state index contributed by atoms with van der Waals surface area (Å²) in [7, 11) is 0. The minimum absolute atomic E-state index is 0.288. The van der Waals surface area contributed by atoms with E-state index in [1.807, 2.05) is 0 Å². The Labute approximate surface area is 107 Å².